The lowest BCUT2D eigenvalue weighted by molar-refractivity contribution is 0.123. The zero-order valence-electron chi connectivity index (χ0n) is 14.3. The molecule has 0 bridgehead atoms. The van der Waals surface area contributed by atoms with Gasteiger partial charge >= 0.3 is 6.09 Å². The molecule has 3 rings (SSSR count). The van der Waals surface area contributed by atoms with E-state index in [1.807, 2.05) is 60.7 Å². The van der Waals surface area contributed by atoms with E-state index in [9.17, 15) is 4.79 Å². The van der Waals surface area contributed by atoms with Crippen LogP contribution in [-0.4, -0.2) is 17.6 Å². The molecule has 0 aromatic heterocycles. The summed E-state index contributed by atoms with van der Waals surface area (Å²) in [4.78, 5) is 14.1. The van der Waals surface area contributed by atoms with Gasteiger partial charge in [-0.2, -0.15) is 0 Å². The SMILES string of the molecule is C=C(c1cccc2ccccc12)N(Cc1ccccc1)C(=O)OCC. The number of nitrogens with zero attached hydrogens (tertiary/aromatic N) is 1. The molecule has 0 aliphatic rings. The van der Waals surface area contributed by atoms with Crippen LogP contribution in [0.15, 0.2) is 79.4 Å². The number of amides is 1. The molecule has 0 radical (unpaired) electrons. The van der Waals surface area contributed by atoms with E-state index in [2.05, 4.69) is 18.7 Å². The van der Waals surface area contributed by atoms with Gasteiger partial charge in [-0.3, -0.25) is 4.90 Å². The first-order valence-corrected chi connectivity index (χ1v) is 8.36. The molecular weight excluding hydrogens is 310 g/mol. The molecule has 0 saturated carbocycles. The van der Waals surface area contributed by atoms with Gasteiger partial charge in [0.1, 0.15) is 0 Å². The van der Waals surface area contributed by atoms with Crippen molar-refractivity contribution in [3.63, 3.8) is 0 Å². The molecule has 3 heteroatoms. The highest BCUT2D eigenvalue weighted by Crippen LogP contribution is 2.28. The van der Waals surface area contributed by atoms with E-state index < -0.39 is 0 Å². The topological polar surface area (TPSA) is 29.5 Å². The number of fused-ring (bicyclic) bond motifs is 1. The van der Waals surface area contributed by atoms with Crippen molar-refractivity contribution in [2.24, 2.45) is 0 Å². The third-order valence-electron chi connectivity index (χ3n) is 4.10. The zero-order valence-corrected chi connectivity index (χ0v) is 14.3. The average molecular weight is 331 g/mol. The van der Waals surface area contributed by atoms with Crippen LogP contribution in [0.1, 0.15) is 18.1 Å². The second-order valence-corrected chi connectivity index (χ2v) is 5.74. The van der Waals surface area contributed by atoms with E-state index in [0.717, 1.165) is 21.9 Å². The molecular formula is C22H21NO2. The Morgan fingerprint density at radius 1 is 0.960 bits per heavy atom. The average Bonchev–Trinajstić information content (AvgIpc) is 2.66. The van der Waals surface area contributed by atoms with Gasteiger partial charge in [-0.1, -0.05) is 79.4 Å². The smallest absolute Gasteiger partial charge is 0.414 e. The highest BCUT2D eigenvalue weighted by Gasteiger charge is 2.20. The Balaban J connectivity index is 1.99. The van der Waals surface area contributed by atoms with Gasteiger partial charge in [0.05, 0.1) is 13.2 Å². The number of benzene rings is 3. The lowest BCUT2D eigenvalue weighted by atomic mass is 10.0. The molecule has 0 N–H and O–H groups in total. The van der Waals surface area contributed by atoms with Crippen LogP contribution in [-0.2, 0) is 11.3 Å². The third kappa shape index (κ3) is 3.72. The Bertz CT molecular complexity index is 881. The molecule has 0 spiro atoms. The standard InChI is InChI=1S/C22H21NO2/c1-3-25-22(24)23(16-18-10-5-4-6-11-18)17(2)20-15-9-13-19-12-7-8-14-21(19)20/h4-15H,2-3,16H2,1H3. The van der Waals surface area contributed by atoms with Crippen LogP contribution in [0.25, 0.3) is 16.5 Å². The van der Waals surface area contributed by atoms with E-state index in [4.69, 9.17) is 4.74 Å². The summed E-state index contributed by atoms with van der Waals surface area (Å²) in [6.07, 6.45) is -0.385. The van der Waals surface area contributed by atoms with E-state index in [0.29, 0.717) is 18.8 Å². The summed E-state index contributed by atoms with van der Waals surface area (Å²) in [7, 11) is 0. The van der Waals surface area contributed by atoms with Gasteiger partial charge in [0, 0.05) is 11.3 Å². The van der Waals surface area contributed by atoms with Crippen LogP contribution >= 0.6 is 0 Å². The molecule has 0 aliphatic heterocycles. The maximum atomic E-state index is 12.5. The molecule has 0 saturated heterocycles. The summed E-state index contributed by atoms with van der Waals surface area (Å²) >= 11 is 0. The number of rotatable bonds is 5. The number of ether oxygens (including phenoxy) is 1. The van der Waals surface area contributed by atoms with Gasteiger partial charge in [0.25, 0.3) is 0 Å². The van der Waals surface area contributed by atoms with Crippen LogP contribution in [0.2, 0.25) is 0 Å². The van der Waals surface area contributed by atoms with Crippen molar-refractivity contribution >= 4 is 22.6 Å². The quantitative estimate of drug-likeness (QED) is 0.620. The van der Waals surface area contributed by atoms with Gasteiger partial charge in [-0.25, -0.2) is 4.79 Å². The molecule has 25 heavy (non-hydrogen) atoms. The van der Waals surface area contributed by atoms with Crippen molar-refractivity contribution < 1.29 is 9.53 Å². The van der Waals surface area contributed by atoms with Crippen molar-refractivity contribution in [3.8, 4) is 0 Å². The fourth-order valence-corrected chi connectivity index (χ4v) is 2.86. The number of hydrogen-bond acceptors (Lipinski definition) is 2. The molecule has 0 atom stereocenters. The minimum atomic E-state index is -0.385. The summed E-state index contributed by atoms with van der Waals surface area (Å²) in [6.45, 7) is 6.75. The maximum absolute atomic E-state index is 12.5. The first kappa shape index (κ1) is 16.8. The molecule has 3 aromatic carbocycles. The first-order valence-electron chi connectivity index (χ1n) is 8.36. The van der Waals surface area contributed by atoms with Gasteiger partial charge in [0.2, 0.25) is 0 Å². The molecule has 0 aliphatic carbocycles. The van der Waals surface area contributed by atoms with E-state index in [1.165, 1.54) is 0 Å². The van der Waals surface area contributed by atoms with Crippen LogP contribution in [0.5, 0.6) is 0 Å². The fourth-order valence-electron chi connectivity index (χ4n) is 2.86. The summed E-state index contributed by atoms with van der Waals surface area (Å²) in [5, 5.41) is 2.18. The van der Waals surface area contributed by atoms with Crippen LogP contribution in [0, 0.1) is 0 Å². The zero-order chi connectivity index (χ0) is 17.6. The van der Waals surface area contributed by atoms with E-state index >= 15 is 0 Å². The minimum absolute atomic E-state index is 0.326. The van der Waals surface area contributed by atoms with E-state index in [-0.39, 0.29) is 6.09 Å². The van der Waals surface area contributed by atoms with Gasteiger partial charge in [-0.05, 0) is 23.3 Å². The first-order chi connectivity index (χ1) is 12.2. The fraction of sp³-hybridized carbons (Fsp3) is 0.136. The normalized spacial score (nSPS) is 10.4. The van der Waals surface area contributed by atoms with E-state index in [1.54, 1.807) is 11.8 Å². The highest BCUT2D eigenvalue weighted by molar-refractivity contribution is 5.95. The Labute approximate surface area is 148 Å². The Hall–Kier alpha value is -3.07. The van der Waals surface area contributed by atoms with Crippen LogP contribution in [0.4, 0.5) is 4.79 Å². The molecule has 0 fully saturated rings. The summed E-state index contributed by atoms with van der Waals surface area (Å²) < 4.78 is 5.26. The van der Waals surface area contributed by atoms with Crippen molar-refractivity contribution in [2.45, 2.75) is 13.5 Å². The second kappa shape index (κ2) is 7.67. The molecule has 1 amide bonds. The summed E-state index contributed by atoms with van der Waals surface area (Å²) in [6, 6.07) is 24.0. The predicted octanol–water partition coefficient (Wildman–Crippen LogP) is 5.47. The predicted molar refractivity (Wildman–Crippen MR) is 102 cm³/mol. The van der Waals surface area contributed by atoms with Crippen molar-refractivity contribution in [2.75, 3.05) is 6.61 Å². The van der Waals surface area contributed by atoms with Gasteiger partial charge < -0.3 is 4.74 Å². The third-order valence-corrected chi connectivity index (χ3v) is 4.10. The molecule has 3 aromatic rings. The Morgan fingerprint density at radius 2 is 1.64 bits per heavy atom. The summed E-state index contributed by atoms with van der Waals surface area (Å²) in [5.41, 5.74) is 2.60. The van der Waals surface area contributed by atoms with Crippen molar-refractivity contribution in [3.05, 3.63) is 90.5 Å². The minimum Gasteiger partial charge on any atom is -0.449 e. The molecule has 126 valence electrons. The molecule has 3 nitrogen and oxygen atoms in total. The van der Waals surface area contributed by atoms with Crippen molar-refractivity contribution in [1.82, 2.24) is 4.90 Å². The summed E-state index contributed by atoms with van der Waals surface area (Å²) in [5.74, 6) is 0. The van der Waals surface area contributed by atoms with Gasteiger partial charge in [-0.15, -0.1) is 0 Å². The highest BCUT2D eigenvalue weighted by atomic mass is 16.6. The van der Waals surface area contributed by atoms with Crippen LogP contribution < -0.4 is 0 Å². The number of carbonyl (C=O) groups excluding carboxylic acids is 1. The molecule has 0 unspecified atom stereocenters. The Morgan fingerprint density at radius 3 is 2.40 bits per heavy atom. The second-order valence-electron chi connectivity index (χ2n) is 5.74. The lowest BCUT2D eigenvalue weighted by Crippen LogP contribution is -2.29. The largest absolute Gasteiger partial charge is 0.449 e. The maximum Gasteiger partial charge on any atom is 0.414 e. The monoisotopic (exact) mass is 331 g/mol. The van der Waals surface area contributed by atoms with Gasteiger partial charge in [0.15, 0.2) is 0 Å². The van der Waals surface area contributed by atoms with Crippen LogP contribution in [0.3, 0.4) is 0 Å². The Kier molecular flexibility index (Phi) is 5.14. The lowest BCUT2D eigenvalue weighted by Gasteiger charge is -2.25. The molecule has 0 heterocycles. The van der Waals surface area contributed by atoms with Crippen molar-refractivity contribution in [1.29, 1.82) is 0 Å². The number of carbonyl (C=O) groups is 1. The number of hydrogen-bond donors (Lipinski definition) is 0.